The molecule has 0 unspecified atom stereocenters. The van der Waals surface area contributed by atoms with Crippen LogP contribution < -0.4 is 5.32 Å². The summed E-state index contributed by atoms with van der Waals surface area (Å²) in [5, 5.41) is 2.75. The molecule has 13 heavy (non-hydrogen) atoms. The number of hydrogen-bond donors (Lipinski definition) is 1. The minimum Gasteiger partial charge on any atom is -0.323 e. The van der Waals surface area contributed by atoms with E-state index in [4.69, 9.17) is 0 Å². The molecule has 1 N–H and O–H groups in total. The fourth-order valence-electron chi connectivity index (χ4n) is 0.791. The zero-order valence-electron chi connectivity index (χ0n) is 8.03. The van der Waals surface area contributed by atoms with E-state index in [1.165, 1.54) is 6.33 Å². The Morgan fingerprint density at radius 1 is 1.54 bits per heavy atom. The number of nitrogens with zero attached hydrogens (tertiary/aromatic N) is 2. The molecule has 4 nitrogen and oxygen atoms in total. The number of anilines is 1. The van der Waals surface area contributed by atoms with Gasteiger partial charge in [0.05, 0.1) is 17.6 Å². The van der Waals surface area contributed by atoms with Gasteiger partial charge in [-0.3, -0.25) is 4.79 Å². The second-order valence-electron chi connectivity index (χ2n) is 3.17. The number of hydrogen-bond acceptors (Lipinski definition) is 3. The van der Waals surface area contributed by atoms with Gasteiger partial charge in [0, 0.05) is 5.92 Å². The highest BCUT2D eigenvalue weighted by Crippen LogP contribution is 2.09. The zero-order valence-corrected chi connectivity index (χ0v) is 8.03. The van der Waals surface area contributed by atoms with E-state index in [2.05, 4.69) is 15.3 Å². The van der Waals surface area contributed by atoms with Gasteiger partial charge in [-0.2, -0.15) is 0 Å². The Kier molecular flexibility index (Phi) is 2.95. The number of aromatic nitrogens is 2. The molecule has 0 radical (unpaired) electrons. The Labute approximate surface area is 77.4 Å². The molecule has 1 heterocycles. The minimum atomic E-state index is -0.0281. The van der Waals surface area contributed by atoms with Crippen LogP contribution in [0.1, 0.15) is 19.5 Å². The van der Waals surface area contributed by atoms with Crippen molar-refractivity contribution in [1.82, 2.24) is 9.97 Å². The molecule has 1 rings (SSSR count). The van der Waals surface area contributed by atoms with Gasteiger partial charge < -0.3 is 5.32 Å². The van der Waals surface area contributed by atoms with E-state index in [9.17, 15) is 4.79 Å². The number of amides is 1. The van der Waals surface area contributed by atoms with Gasteiger partial charge in [-0.1, -0.05) is 13.8 Å². The van der Waals surface area contributed by atoms with Gasteiger partial charge in [0.2, 0.25) is 5.91 Å². The Bertz CT molecular complexity index is 309. The molecule has 0 saturated carbocycles. The first kappa shape index (κ1) is 9.64. The van der Waals surface area contributed by atoms with Crippen molar-refractivity contribution < 1.29 is 4.79 Å². The molecule has 70 valence electrons. The van der Waals surface area contributed by atoms with E-state index >= 15 is 0 Å². The fourth-order valence-corrected chi connectivity index (χ4v) is 0.791. The van der Waals surface area contributed by atoms with E-state index in [1.807, 2.05) is 20.8 Å². The number of rotatable bonds is 2. The second kappa shape index (κ2) is 3.98. The Morgan fingerprint density at radius 2 is 2.23 bits per heavy atom. The Morgan fingerprint density at radius 3 is 2.77 bits per heavy atom. The monoisotopic (exact) mass is 179 g/mol. The third-order valence-corrected chi connectivity index (χ3v) is 1.69. The van der Waals surface area contributed by atoms with Crippen molar-refractivity contribution in [2.75, 3.05) is 5.32 Å². The van der Waals surface area contributed by atoms with Crippen LogP contribution in [0.25, 0.3) is 0 Å². The van der Waals surface area contributed by atoms with Crippen molar-refractivity contribution in [2.45, 2.75) is 20.8 Å². The summed E-state index contributed by atoms with van der Waals surface area (Å²) < 4.78 is 0. The van der Waals surface area contributed by atoms with Gasteiger partial charge >= 0.3 is 0 Å². The second-order valence-corrected chi connectivity index (χ2v) is 3.17. The van der Waals surface area contributed by atoms with Crippen molar-refractivity contribution in [3.63, 3.8) is 0 Å². The summed E-state index contributed by atoms with van der Waals surface area (Å²) in [5.74, 6) is -0.0440. The number of carbonyl (C=O) groups is 1. The highest BCUT2D eigenvalue weighted by molar-refractivity contribution is 5.92. The van der Waals surface area contributed by atoms with E-state index in [1.54, 1.807) is 6.20 Å². The predicted molar refractivity (Wildman–Crippen MR) is 50.2 cm³/mol. The quantitative estimate of drug-likeness (QED) is 0.746. The van der Waals surface area contributed by atoms with Gasteiger partial charge in [0.15, 0.2) is 0 Å². The molecule has 1 aromatic rings. The Hall–Kier alpha value is -1.45. The maximum absolute atomic E-state index is 11.3. The lowest BCUT2D eigenvalue weighted by atomic mass is 10.2. The maximum Gasteiger partial charge on any atom is 0.227 e. The molecule has 0 spiro atoms. The molecule has 0 saturated heterocycles. The third kappa shape index (κ3) is 2.50. The first-order valence-corrected chi connectivity index (χ1v) is 4.18. The molecule has 4 heteroatoms. The van der Waals surface area contributed by atoms with E-state index in [0.29, 0.717) is 5.69 Å². The van der Waals surface area contributed by atoms with Crippen LogP contribution in [0, 0.1) is 12.8 Å². The normalized spacial score (nSPS) is 10.2. The Balaban J connectivity index is 2.75. The number of nitrogens with one attached hydrogen (secondary N) is 1. The first-order chi connectivity index (χ1) is 6.11. The summed E-state index contributed by atoms with van der Waals surface area (Å²) in [6.45, 7) is 5.51. The van der Waals surface area contributed by atoms with Crippen molar-refractivity contribution >= 4 is 11.6 Å². The van der Waals surface area contributed by atoms with Crippen LogP contribution in [0.5, 0.6) is 0 Å². The van der Waals surface area contributed by atoms with Crippen molar-refractivity contribution in [3.05, 3.63) is 18.2 Å². The van der Waals surface area contributed by atoms with Crippen LogP contribution in [0.3, 0.4) is 0 Å². The van der Waals surface area contributed by atoms with Crippen LogP contribution >= 0.6 is 0 Å². The minimum absolute atomic E-state index is 0.0158. The zero-order chi connectivity index (χ0) is 9.84. The highest BCUT2D eigenvalue weighted by atomic mass is 16.1. The average Bonchev–Trinajstić information content (AvgIpc) is 2.08. The van der Waals surface area contributed by atoms with Crippen LogP contribution in [0.15, 0.2) is 12.5 Å². The molecule has 0 aliphatic carbocycles. The summed E-state index contributed by atoms with van der Waals surface area (Å²) in [5.41, 5.74) is 1.46. The van der Waals surface area contributed by atoms with Crippen LogP contribution in [0.4, 0.5) is 5.69 Å². The lowest BCUT2D eigenvalue weighted by molar-refractivity contribution is -0.118. The van der Waals surface area contributed by atoms with E-state index in [0.717, 1.165) is 5.69 Å². The molecular formula is C9H13N3O. The van der Waals surface area contributed by atoms with Gasteiger partial charge in [-0.05, 0) is 6.92 Å². The predicted octanol–water partition coefficient (Wildman–Crippen LogP) is 1.38. The summed E-state index contributed by atoms with van der Waals surface area (Å²) >= 11 is 0. The molecule has 0 bridgehead atoms. The van der Waals surface area contributed by atoms with Gasteiger partial charge in [-0.15, -0.1) is 0 Å². The van der Waals surface area contributed by atoms with Crippen molar-refractivity contribution in [3.8, 4) is 0 Å². The standard InChI is InChI=1S/C9H13N3O/c1-6(2)9(13)12-8-4-10-5-11-7(8)3/h4-6H,1-3H3,(H,12,13). The topological polar surface area (TPSA) is 54.9 Å². The number of carbonyl (C=O) groups excluding carboxylic acids is 1. The summed E-state index contributed by atoms with van der Waals surface area (Å²) in [6.07, 6.45) is 3.06. The lowest BCUT2D eigenvalue weighted by Gasteiger charge is -2.08. The summed E-state index contributed by atoms with van der Waals surface area (Å²) in [6, 6.07) is 0. The maximum atomic E-state index is 11.3. The number of aryl methyl sites for hydroxylation is 1. The van der Waals surface area contributed by atoms with Crippen LogP contribution in [0.2, 0.25) is 0 Å². The molecule has 0 atom stereocenters. The van der Waals surface area contributed by atoms with Crippen molar-refractivity contribution in [1.29, 1.82) is 0 Å². The fraction of sp³-hybridized carbons (Fsp3) is 0.444. The molecule has 1 aromatic heterocycles. The third-order valence-electron chi connectivity index (χ3n) is 1.69. The van der Waals surface area contributed by atoms with Gasteiger partial charge in [0.1, 0.15) is 6.33 Å². The summed E-state index contributed by atoms with van der Waals surface area (Å²) in [7, 11) is 0. The van der Waals surface area contributed by atoms with E-state index in [-0.39, 0.29) is 11.8 Å². The van der Waals surface area contributed by atoms with Crippen LogP contribution in [-0.2, 0) is 4.79 Å². The van der Waals surface area contributed by atoms with Crippen molar-refractivity contribution in [2.24, 2.45) is 5.92 Å². The molecular weight excluding hydrogens is 166 g/mol. The van der Waals surface area contributed by atoms with E-state index < -0.39 is 0 Å². The van der Waals surface area contributed by atoms with Gasteiger partial charge in [0.25, 0.3) is 0 Å². The smallest absolute Gasteiger partial charge is 0.227 e. The molecule has 0 aromatic carbocycles. The lowest BCUT2D eigenvalue weighted by Crippen LogP contribution is -2.18. The first-order valence-electron chi connectivity index (χ1n) is 4.18. The van der Waals surface area contributed by atoms with Crippen LogP contribution in [-0.4, -0.2) is 15.9 Å². The SMILES string of the molecule is Cc1ncncc1NC(=O)C(C)C. The molecule has 0 aliphatic heterocycles. The summed E-state index contributed by atoms with van der Waals surface area (Å²) in [4.78, 5) is 19.1. The molecule has 1 amide bonds. The molecule has 0 aliphatic rings. The largest absolute Gasteiger partial charge is 0.323 e. The molecule has 0 fully saturated rings. The average molecular weight is 179 g/mol. The van der Waals surface area contributed by atoms with Gasteiger partial charge in [-0.25, -0.2) is 9.97 Å². The highest BCUT2D eigenvalue weighted by Gasteiger charge is 2.08.